The Morgan fingerprint density at radius 3 is 3.00 bits per heavy atom. The average Bonchev–Trinajstić information content (AvgIpc) is 3.25. The number of hydrogen-bond donors (Lipinski definition) is 3. The molecular formula is C26H27ClN4O3. The first kappa shape index (κ1) is 21.5. The number of aromatic nitrogens is 2. The zero-order valence-electron chi connectivity index (χ0n) is 19.0. The molecule has 34 heavy (non-hydrogen) atoms. The lowest BCUT2D eigenvalue weighted by Gasteiger charge is -2.23. The second-order valence-electron chi connectivity index (χ2n) is 9.44. The second-order valence-corrected chi connectivity index (χ2v) is 9.85. The summed E-state index contributed by atoms with van der Waals surface area (Å²) in [6.45, 7) is 3.88. The van der Waals surface area contributed by atoms with E-state index < -0.39 is 0 Å². The topological polar surface area (TPSA) is 88.3 Å². The third kappa shape index (κ3) is 3.63. The van der Waals surface area contributed by atoms with Gasteiger partial charge in [0.05, 0.1) is 29.2 Å². The second kappa shape index (κ2) is 8.32. The molecule has 2 fully saturated rings. The summed E-state index contributed by atoms with van der Waals surface area (Å²) in [6.07, 6.45) is 7.72. The summed E-state index contributed by atoms with van der Waals surface area (Å²) in [4.78, 5) is 21.1. The number of ether oxygens (including phenoxy) is 2. The Morgan fingerprint density at radius 1 is 1.32 bits per heavy atom. The average molecular weight is 479 g/mol. The molecule has 1 atom stereocenters. The van der Waals surface area contributed by atoms with Crippen LogP contribution in [0.3, 0.4) is 0 Å². The summed E-state index contributed by atoms with van der Waals surface area (Å²) >= 11 is 6.40. The van der Waals surface area contributed by atoms with Gasteiger partial charge in [-0.05, 0) is 56.4 Å². The number of pyridine rings is 1. The molecule has 2 aliphatic heterocycles. The summed E-state index contributed by atoms with van der Waals surface area (Å²) in [5, 5.41) is 7.30. The van der Waals surface area contributed by atoms with E-state index in [4.69, 9.17) is 21.1 Å². The van der Waals surface area contributed by atoms with Crippen LogP contribution in [-0.2, 0) is 10.2 Å². The Labute approximate surface area is 203 Å². The first-order valence-electron chi connectivity index (χ1n) is 11.8. The maximum atomic E-state index is 13.1. The molecule has 0 bridgehead atoms. The fraction of sp³-hybridized carbons (Fsp3) is 0.385. The number of fused-ring (bicyclic) bond motifs is 2. The third-order valence-corrected chi connectivity index (χ3v) is 7.64. The van der Waals surface area contributed by atoms with Gasteiger partial charge >= 0.3 is 0 Å². The maximum Gasteiger partial charge on any atom is 0.255 e. The predicted octanol–water partition coefficient (Wildman–Crippen LogP) is 5.11. The van der Waals surface area contributed by atoms with Gasteiger partial charge in [-0.25, -0.2) is 0 Å². The van der Waals surface area contributed by atoms with Crippen LogP contribution in [0.4, 0.5) is 11.4 Å². The van der Waals surface area contributed by atoms with E-state index in [1.54, 1.807) is 12.4 Å². The number of carbonyl (C=O) groups is 1. The summed E-state index contributed by atoms with van der Waals surface area (Å²) < 4.78 is 11.9. The number of anilines is 2. The zero-order chi connectivity index (χ0) is 23.3. The van der Waals surface area contributed by atoms with E-state index in [1.807, 2.05) is 31.2 Å². The van der Waals surface area contributed by atoms with Crippen molar-refractivity contribution >= 4 is 28.9 Å². The fourth-order valence-corrected chi connectivity index (χ4v) is 5.17. The van der Waals surface area contributed by atoms with Crippen LogP contribution in [0, 0.1) is 6.92 Å². The van der Waals surface area contributed by atoms with Crippen molar-refractivity contribution in [1.82, 2.24) is 15.3 Å². The lowest BCUT2D eigenvalue weighted by atomic mass is 9.93. The normalized spacial score (nSPS) is 20.2. The molecule has 7 nitrogen and oxygen atoms in total. The van der Waals surface area contributed by atoms with Gasteiger partial charge in [0.25, 0.3) is 5.91 Å². The van der Waals surface area contributed by atoms with Gasteiger partial charge in [-0.2, -0.15) is 0 Å². The minimum absolute atomic E-state index is 0.0208. The lowest BCUT2D eigenvalue weighted by molar-refractivity contribution is 0.0680. The summed E-state index contributed by atoms with van der Waals surface area (Å²) in [7, 11) is 0. The third-order valence-electron chi connectivity index (χ3n) is 7.23. The Bertz CT molecular complexity index is 1260. The Kier molecular flexibility index (Phi) is 5.26. The van der Waals surface area contributed by atoms with Gasteiger partial charge in [0.2, 0.25) is 0 Å². The molecule has 1 saturated heterocycles. The molecule has 0 radical (unpaired) electrons. The highest BCUT2D eigenvalue weighted by Gasteiger charge is 2.51. The smallest absolute Gasteiger partial charge is 0.255 e. The molecule has 1 spiro atoms. The van der Waals surface area contributed by atoms with Crippen molar-refractivity contribution in [2.24, 2.45) is 0 Å². The van der Waals surface area contributed by atoms with E-state index in [0.717, 1.165) is 66.2 Å². The number of nitrogens with zero attached hydrogens (tertiary/aromatic N) is 1. The van der Waals surface area contributed by atoms with Gasteiger partial charge in [0, 0.05) is 46.7 Å². The molecule has 3 aromatic rings. The summed E-state index contributed by atoms with van der Waals surface area (Å²) in [6, 6.07) is 7.66. The summed E-state index contributed by atoms with van der Waals surface area (Å²) in [5.41, 5.74) is 5.83. The van der Waals surface area contributed by atoms with Crippen LogP contribution >= 0.6 is 11.6 Å². The van der Waals surface area contributed by atoms with Crippen molar-refractivity contribution in [2.45, 2.75) is 44.1 Å². The standard InChI is InChI=1S/C26H27ClN4O3/c1-15-18(27)5-2-6-19(15)30-23-21-24(26(8-9-26)14-29-25(21)32)31-22(23)17-7-10-28-12-20(17)34-13-16-4-3-11-33-16/h2,5-7,10,12,16,30-31H,3-4,8-9,11,13-14H2,1H3,(H,29,32). The molecule has 1 unspecified atom stereocenters. The quantitative estimate of drug-likeness (QED) is 0.458. The van der Waals surface area contributed by atoms with Crippen LogP contribution in [-0.4, -0.2) is 41.7 Å². The van der Waals surface area contributed by atoms with Crippen LogP contribution in [0.15, 0.2) is 36.7 Å². The number of H-pyrrole nitrogens is 1. The highest BCUT2D eigenvalue weighted by Crippen LogP contribution is 2.54. The number of carbonyl (C=O) groups excluding carboxylic acids is 1. The van der Waals surface area contributed by atoms with Gasteiger partial charge in [0.1, 0.15) is 12.4 Å². The van der Waals surface area contributed by atoms with Crippen molar-refractivity contribution < 1.29 is 14.3 Å². The van der Waals surface area contributed by atoms with Gasteiger partial charge < -0.3 is 25.1 Å². The van der Waals surface area contributed by atoms with Gasteiger partial charge in [-0.1, -0.05) is 17.7 Å². The predicted molar refractivity (Wildman–Crippen MR) is 131 cm³/mol. The molecular weight excluding hydrogens is 452 g/mol. The number of benzene rings is 1. The maximum absolute atomic E-state index is 13.1. The largest absolute Gasteiger partial charge is 0.489 e. The van der Waals surface area contributed by atoms with Crippen molar-refractivity contribution in [3.8, 4) is 17.0 Å². The highest BCUT2D eigenvalue weighted by atomic mass is 35.5. The van der Waals surface area contributed by atoms with E-state index in [0.29, 0.717) is 29.5 Å². The molecule has 6 rings (SSSR count). The van der Waals surface area contributed by atoms with Crippen molar-refractivity contribution in [3.63, 3.8) is 0 Å². The van der Waals surface area contributed by atoms with Crippen LogP contribution in [0.1, 0.15) is 47.3 Å². The highest BCUT2D eigenvalue weighted by molar-refractivity contribution is 6.31. The Morgan fingerprint density at radius 2 is 2.21 bits per heavy atom. The molecule has 176 valence electrons. The molecule has 3 aliphatic rings. The number of amides is 1. The molecule has 8 heteroatoms. The molecule has 1 aromatic carbocycles. The number of halogens is 1. The molecule has 1 aliphatic carbocycles. The van der Waals surface area contributed by atoms with E-state index in [1.165, 1.54) is 0 Å². The van der Waals surface area contributed by atoms with E-state index >= 15 is 0 Å². The SMILES string of the molecule is Cc1c(Cl)cccc1Nc1c(-c2ccncc2OCC2CCCO2)[nH]c2c1C(=O)NCC21CC1. The Balaban J connectivity index is 1.46. The molecule has 1 saturated carbocycles. The number of nitrogens with one attached hydrogen (secondary N) is 3. The van der Waals surface area contributed by atoms with E-state index in [-0.39, 0.29) is 17.4 Å². The first-order valence-corrected chi connectivity index (χ1v) is 12.2. The Hall–Kier alpha value is -3.03. The van der Waals surface area contributed by atoms with E-state index in [9.17, 15) is 4.79 Å². The monoisotopic (exact) mass is 478 g/mol. The van der Waals surface area contributed by atoms with Crippen molar-refractivity contribution in [1.29, 1.82) is 0 Å². The molecule has 3 N–H and O–H groups in total. The molecule has 2 aromatic heterocycles. The van der Waals surface area contributed by atoms with Crippen molar-refractivity contribution in [2.75, 3.05) is 25.1 Å². The van der Waals surface area contributed by atoms with Crippen LogP contribution < -0.4 is 15.4 Å². The van der Waals surface area contributed by atoms with Crippen LogP contribution in [0.5, 0.6) is 5.75 Å². The van der Waals surface area contributed by atoms with Crippen LogP contribution in [0.25, 0.3) is 11.3 Å². The zero-order valence-corrected chi connectivity index (χ0v) is 19.8. The summed E-state index contributed by atoms with van der Waals surface area (Å²) in [5.74, 6) is 0.584. The number of hydrogen-bond acceptors (Lipinski definition) is 5. The van der Waals surface area contributed by atoms with E-state index in [2.05, 4.69) is 20.6 Å². The van der Waals surface area contributed by atoms with Crippen molar-refractivity contribution in [3.05, 3.63) is 58.5 Å². The fourth-order valence-electron chi connectivity index (χ4n) is 4.99. The van der Waals surface area contributed by atoms with Gasteiger partial charge in [0.15, 0.2) is 0 Å². The van der Waals surface area contributed by atoms with Crippen LogP contribution in [0.2, 0.25) is 5.02 Å². The first-order chi connectivity index (χ1) is 16.6. The number of aromatic amines is 1. The molecule has 1 amide bonds. The van der Waals surface area contributed by atoms with Gasteiger partial charge in [-0.15, -0.1) is 0 Å². The molecule has 4 heterocycles. The lowest BCUT2D eigenvalue weighted by Crippen LogP contribution is -2.39. The number of rotatable bonds is 6. The minimum Gasteiger partial charge on any atom is -0.489 e. The minimum atomic E-state index is -0.0758. The van der Waals surface area contributed by atoms with Gasteiger partial charge in [-0.3, -0.25) is 9.78 Å².